The van der Waals surface area contributed by atoms with Crippen molar-refractivity contribution in [2.24, 2.45) is 5.73 Å². The van der Waals surface area contributed by atoms with Crippen molar-refractivity contribution in [3.05, 3.63) is 75.3 Å². The van der Waals surface area contributed by atoms with E-state index in [1.165, 1.54) is 24.3 Å². The fourth-order valence-corrected chi connectivity index (χ4v) is 2.20. The Balaban J connectivity index is 1.87. The van der Waals surface area contributed by atoms with Gasteiger partial charge in [0, 0.05) is 36.3 Å². The number of nitrogens with two attached hydrogens (primary N) is 1. The molecule has 0 saturated carbocycles. The van der Waals surface area contributed by atoms with E-state index in [1.807, 2.05) is 0 Å². The van der Waals surface area contributed by atoms with Crippen LogP contribution in [0.25, 0.3) is 0 Å². The zero-order valence-corrected chi connectivity index (χ0v) is 14.1. The normalized spacial score (nSPS) is 10.2. The van der Waals surface area contributed by atoms with Crippen molar-refractivity contribution in [2.45, 2.75) is 13.0 Å². The van der Waals surface area contributed by atoms with Crippen molar-refractivity contribution in [2.75, 3.05) is 13.1 Å². The lowest BCUT2D eigenvalue weighted by atomic mass is 10.1. The van der Waals surface area contributed by atoms with E-state index in [0.29, 0.717) is 24.2 Å². The summed E-state index contributed by atoms with van der Waals surface area (Å²) in [6, 6.07) is 12.3. The molecule has 0 spiro atoms. The molecule has 0 aromatic heterocycles. The second kappa shape index (κ2) is 9.28. The average molecular weight is 356 g/mol. The zero-order chi connectivity index (χ0) is 18.9. The molecule has 2 rings (SSSR count). The molecular formula is C18H20N4O4. The van der Waals surface area contributed by atoms with Gasteiger partial charge in [0.25, 0.3) is 17.5 Å². The molecular weight excluding hydrogens is 336 g/mol. The van der Waals surface area contributed by atoms with Crippen LogP contribution >= 0.6 is 0 Å². The van der Waals surface area contributed by atoms with Crippen molar-refractivity contribution in [1.29, 1.82) is 0 Å². The number of hydrogen-bond acceptors (Lipinski definition) is 5. The van der Waals surface area contributed by atoms with Gasteiger partial charge >= 0.3 is 0 Å². The Morgan fingerprint density at radius 1 is 0.923 bits per heavy atom. The molecule has 8 heteroatoms. The summed E-state index contributed by atoms with van der Waals surface area (Å²) >= 11 is 0. The number of carbonyl (C=O) groups excluding carboxylic acids is 2. The van der Waals surface area contributed by atoms with E-state index in [4.69, 9.17) is 5.73 Å². The first-order valence-corrected chi connectivity index (χ1v) is 8.11. The van der Waals surface area contributed by atoms with Crippen molar-refractivity contribution in [3.8, 4) is 0 Å². The van der Waals surface area contributed by atoms with Crippen molar-refractivity contribution in [3.63, 3.8) is 0 Å². The second-order valence-electron chi connectivity index (χ2n) is 5.58. The molecule has 2 aromatic carbocycles. The molecule has 136 valence electrons. The van der Waals surface area contributed by atoms with E-state index in [2.05, 4.69) is 10.6 Å². The van der Waals surface area contributed by atoms with Crippen LogP contribution in [-0.4, -0.2) is 29.8 Å². The Labute approximate surface area is 150 Å². The van der Waals surface area contributed by atoms with E-state index in [9.17, 15) is 19.7 Å². The third-order valence-electron chi connectivity index (χ3n) is 3.68. The third kappa shape index (κ3) is 5.38. The number of non-ortho nitro benzene ring substituents is 1. The van der Waals surface area contributed by atoms with E-state index in [0.717, 1.165) is 12.0 Å². The molecule has 0 heterocycles. The molecule has 0 aliphatic rings. The fourth-order valence-electron chi connectivity index (χ4n) is 2.20. The van der Waals surface area contributed by atoms with Crippen molar-refractivity contribution >= 4 is 17.5 Å². The summed E-state index contributed by atoms with van der Waals surface area (Å²) in [4.78, 5) is 34.0. The van der Waals surface area contributed by atoms with Gasteiger partial charge in [-0.15, -0.1) is 0 Å². The van der Waals surface area contributed by atoms with Gasteiger partial charge in [-0.1, -0.05) is 12.1 Å². The standard InChI is InChI=1S/C18H20N4O4/c19-10-1-11-20-17(23)14-4-2-13(3-5-14)12-21-18(24)15-6-8-16(9-7-15)22(25)26/h2-9H,1,10-12,19H2,(H,20,23)(H,21,24). The van der Waals surface area contributed by atoms with Gasteiger partial charge in [-0.25, -0.2) is 0 Å². The zero-order valence-electron chi connectivity index (χ0n) is 14.1. The van der Waals surface area contributed by atoms with Crippen molar-refractivity contribution < 1.29 is 14.5 Å². The summed E-state index contributed by atoms with van der Waals surface area (Å²) in [5.41, 5.74) is 7.02. The number of nitrogens with zero attached hydrogens (tertiary/aromatic N) is 1. The highest BCUT2D eigenvalue weighted by Crippen LogP contribution is 2.12. The van der Waals surface area contributed by atoms with Crippen LogP contribution < -0.4 is 16.4 Å². The van der Waals surface area contributed by atoms with Gasteiger partial charge in [-0.3, -0.25) is 19.7 Å². The average Bonchev–Trinajstić information content (AvgIpc) is 2.66. The number of nitrogens with one attached hydrogen (secondary N) is 2. The Hall–Kier alpha value is -3.26. The predicted molar refractivity (Wildman–Crippen MR) is 96.7 cm³/mol. The number of carbonyl (C=O) groups is 2. The van der Waals surface area contributed by atoms with Crippen LogP contribution in [0.15, 0.2) is 48.5 Å². The topological polar surface area (TPSA) is 127 Å². The van der Waals surface area contributed by atoms with E-state index < -0.39 is 4.92 Å². The SMILES string of the molecule is NCCCNC(=O)c1ccc(CNC(=O)c2ccc([N+](=O)[O-])cc2)cc1. The number of rotatable bonds is 8. The maximum absolute atomic E-state index is 12.1. The highest BCUT2D eigenvalue weighted by Gasteiger charge is 2.09. The van der Waals surface area contributed by atoms with E-state index in [-0.39, 0.29) is 24.0 Å². The smallest absolute Gasteiger partial charge is 0.269 e. The van der Waals surface area contributed by atoms with Crippen LogP contribution in [0.2, 0.25) is 0 Å². The molecule has 26 heavy (non-hydrogen) atoms. The number of nitro groups is 1. The molecule has 0 saturated heterocycles. The second-order valence-corrected chi connectivity index (χ2v) is 5.58. The maximum Gasteiger partial charge on any atom is 0.269 e. The lowest BCUT2D eigenvalue weighted by Crippen LogP contribution is -2.26. The highest BCUT2D eigenvalue weighted by molar-refractivity contribution is 5.95. The summed E-state index contributed by atoms with van der Waals surface area (Å²) in [6.07, 6.45) is 0.721. The minimum Gasteiger partial charge on any atom is -0.352 e. The van der Waals surface area contributed by atoms with Gasteiger partial charge in [-0.2, -0.15) is 0 Å². The molecule has 0 bridgehead atoms. The molecule has 0 fully saturated rings. The van der Waals surface area contributed by atoms with Gasteiger partial charge in [0.2, 0.25) is 0 Å². The Kier molecular flexibility index (Phi) is 6.81. The molecule has 0 atom stereocenters. The van der Waals surface area contributed by atoms with Crippen LogP contribution in [0.3, 0.4) is 0 Å². The van der Waals surface area contributed by atoms with Crippen LogP contribution in [0.4, 0.5) is 5.69 Å². The summed E-state index contributed by atoms with van der Waals surface area (Å²) in [6.45, 7) is 1.33. The molecule has 0 unspecified atom stereocenters. The number of nitro benzene ring substituents is 1. The predicted octanol–water partition coefficient (Wildman–Crippen LogP) is 1.60. The Morgan fingerprint density at radius 3 is 2.00 bits per heavy atom. The maximum atomic E-state index is 12.1. The molecule has 2 aromatic rings. The number of benzene rings is 2. The summed E-state index contributed by atoms with van der Waals surface area (Å²) in [5.74, 6) is -0.497. The van der Waals surface area contributed by atoms with Crippen LogP contribution in [0.1, 0.15) is 32.7 Å². The minimum atomic E-state index is -0.518. The minimum absolute atomic E-state index is 0.0677. The Bertz CT molecular complexity index is 773. The molecule has 4 N–H and O–H groups in total. The van der Waals surface area contributed by atoms with Crippen LogP contribution in [0.5, 0.6) is 0 Å². The van der Waals surface area contributed by atoms with Gasteiger partial charge in [0.1, 0.15) is 0 Å². The van der Waals surface area contributed by atoms with Gasteiger partial charge in [0.15, 0.2) is 0 Å². The largest absolute Gasteiger partial charge is 0.352 e. The molecule has 8 nitrogen and oxygen atoms in total. The lowest BCUT2D eigenvalue weighted by molar-refractivity contribution is -0.384. The highest BCUT2D eigenvalue weighted by atomic mass is 16.6. The molecule has 2 amide bonds. The summed E-state index contributed by atoms with van der Waals surface area (Å²) in [5, 5.41) is 16.1. The summed E-state index contributed by atoms with van der Waals surface area (Å²) < 4.78 is 0. The Morgan fingerprint density at radius 2 is 1.46 bits per heavy atom. The van der Waals surface area contributed by atoms with Crippen molar-refractivity contribution in [1.82, 2.24) is 10.6 Å². The molecule has 0 aliphatic carbocycles. The third-order valence-corrected chi connectivity index (χ3v) is 3.68. The van der Waals surface area contributed by atoms with Gasteiger partial charge in [-0.05, 0) is 42.8 Å². The van der Waals surface area contributed by atoms with Crippen LogP contribution in [0, 0.1) is 10.1 Å². The first-order chi connectivity index (χ1) is 12.5. The fraction of sp³-hybridized carbons (Fsp3) is 0.222. The monoisotopic (exact) mass is 356 g/mol. The quantitative estimate of drug-likeness (QED) is 0.376. The lowest BCUT2D eigenvalue weighted by Gasteiger charge is -2.07. The molecule has 0 radical (unpaired) electrons. The number of hydrogen-bond donors (Lipinski definition) is 3. The number of amides is 2. The molecule has 0 aliphatic heterocycles. The van der Waals surface area contributed by atoms with E-state index in [1.54, 1.807) is 24.3 Å². The first-order valence-electron chi connectivity index (χ1n) is 8.11. The van der Waals surface area contributed by atoms with Gasteiger partial charge in [0.05, 0.1) is 4.92 Å². The summed E-state index contributed by atoms with van der Waals surface area (Å²) in [7, 11) is 0. The van der Waals surface area contributed by atoms with Gasteiger partial charge < -0.3 is 16.4 Å². The van der Waals surface area contributed by atoms with E-state index >= 15 is 0 Å². The van der Waals surface area contributed by atoms with Crippen LogP contribution in [-0.2, 0) is 6.54 Å². The first kappa shape index (κ1) is 19.1.